The minimum Gasteiger partial charge on any atom is -0.543 e. The molecule has 0 aliphatic carbocycles. The zero-order valence-corrected chi connectivity index (χ0v) is 16.6. The van der Waals surface area contributed by atoms with Crippen molar-refractivity contribution in [3.63, 3.8) is 0 Å². The molecule has 158 valence electrons. The van der Waals surface area contributed by atoms with E-state index in [1.807, 2.05) is 0 Å². The number of amides is 2. The molecule has 3 N–H and O–H groups in total. The molecular weight excluding hydrogens is 412 g/mol. The van der Waals surface area contributed by atoms with Crippen molar-refractivity contribution in [1.82, 2.24) is 15.2 Å². The minimum absolute atomic E-state index is 0.0741. The molecule has 0 aromatic carbocycles. The van der Waals surface area contributed by atoms with Crippen LogP contribution in [0.4, 0.5) is 0 Å². The van der Waals surface area contributed by atoms with Gasteiger partial charge in [0.25, 0.3) is 5.91 Å². The van der Waals surface area contributed by atoms with Crippen LogP contribution in [0.5, 0.6) is 0 Å². The molecule has 0 unspecified atom stereocenters. The van der Waals surface area contributed by atoms with Crippen LogP contribution < -0.4 is 16.2 Å². The van der Waals surface area contributed by atoms with Gasteiger partial charge in [0.15, 0.2) is 15.2 Å². The van der Waals surface area contributed by atoms with Gasteiger partial charge in [-0.25, -0.2) is 8.42 Å². The number of nitrogens with one attached hydrogen (secondary N) is 1. The maximum atomic E-state index is 12.8. The molecule has 3 rings (SSSR count). The highest BCUT2D eigenvalue weighted by Crippen LogP contribution is 2.40. The maximum Gasteiger partial charge on any atom is 0.258 e. The van der Waals surface area contributed by atoms with Crippen molar-refractivity contribution in [3.8, 4) is 0 Å². The van der Waals surface area contributed by atoms with Crippen LogP contribution in [0.15, 0.2) is 53.4 Å². The van der Waals surface area contributed by atoms with Crippen molar-refractivity contribution < 1.29 is 27.9 Å². The number of hydrogen-bond acceptors (Lipinski definition) is 8. The Morgan fingerprint density at radius 3 is 2.77 bits per heavy atom. The second kappa shape index (κ2) is 8.59. The molecule has 11 heteroatoms. The van der Waals surface area contributed by atoms with Gasteiger partial charge in [0.1, 0.15) is 0 Å². The number of nitrogens with zero attached hydrogens (tertiary/aromatic N) is 2. The van der Waals surface area contributed by atoms with Gasteiger partial charge in [-0.2, -0.15) is 0 Å². The number of pyridine rings is 1. The second-order valence-corrected chi connectivity index (χ2v) is 8.68. The summed E-state index contributed by atoms with van der Waals surface area (Å²) in [5, 5.41) is 12.8. The Morgan fingerprint density at radius 1 is 1.37 bits per heavy atom. The van der Waals surface area contributed by atoms with Crippen LogP contribution in [0.25, 0.3) is 6.08 Å². The van der Waals surface area contributed by atoms with Crippen molar-refractivity contribution in [2.45, 2.75) is 11.8 Å². The van der Waals surface area contributed by atoms with Gasteiger partial charge in [-0.3, -0.25) is 19.5 Å². The van der Waals surface area contributed by atoms with Crippen LogP contribution >= 0.6 is 0 Å². The molecule has 1 aromatic heterocycles. The Balaban J connectivity index is 1.94. The number of carbonyl (C=O) groups excluding carboxylic acids is 3. The summed E-state index contributed by atoms with van der Waals surface area (Å²) >= 11 is 0. The van der Waals surface area contributed by atoms with E-state index in [4.69, 9.17) is 5.73 Å². The molecule has 0 radical (unpaired) electrons. The number of nitrogens with two attached hydrogens (primary N) is 1. The van der Waals surface area contributed by atoms with E-state index in [2.05, 4.69) is 10.3 Å². The first-order chi connectivity index (χ1) is 14.3. The van der Waals surface area contributed by atoms with Crippen molar-refractivity contribution in [2.75, 3.05) is 18.8 Å². The van der Waals surface area contributed by atoms with Gasteiger partial charge >= 0.3 is 0 Å². The molecule has 2 aliphatic heterocycles. The largest absolute Gasteiger partial charge is 0.543 e. The van der Waals surface area contributed by atoms with E-state index in [9.17, 15) is 27.9 Å². The molecular formula is C19H19N4O6S-. The Morgan fingerprint density at radius 2 is 2.13 bits per heavy atom. The van der Waals surface area contributed by atoms with Gasteiger partial charge in [-0.1, -0.05) is 12.1 Å². The van der Waals surface area contributed by atoms with Gasteiger partial charge in [0.05, 0.1) is 28.7 Å². The summed E-state index contributed by atoms with van der Waals surface area (Å²) in [5.41, 5.74) is 4.86. The van der Waals surface area contributed by atoms with Crippen molar-refractivity contribution in [2.24, 2.45) is 5.73 Å². The van der Waals surface area contributed by atoms with Gasteiger partial charge in [0, 0.05) is 18.8 Å². The maximum absolute atomic E-state index is 12.8. The van der Waals surface area contributed by atoms with E-state index in [0.717, 1.165) is 12.2 Å². The zero-order valence-electron chi connectivity index (χ0n) is 15.8. The van der Waals surface area contributed by atoms with Gasteiger partial charge < -0.3 is 21.0 Å². The monoisotopic (exact) mass is 431 g/mol. The molecule has 10 nitrogen and oxygen atoms in total. The molecule has 2 amide bonds. The SMILES string of the molecule is NCCCNC(=O)/C=C/C1=C(C(=O)[O-])N2C(=O)/C(=C/c3ccccn3)[C@H]2S(=O)(=O)C1. The van der Waals surface area contributed by atoms with E-state index in [-0.39, 0.29) is 11.1 Å². The Labute approximate surface area is 172 Å². The van der Waals surface area contributed by atoms with Crippen LogP contribution in [-0.4, -0.2) is 60.3 Å². The van der Waals surface area contributed by atoms with Crippen molar-refractivity contribution in [1.29, 1.82) is 0 Å². The van der Waals surface area contributed by atoms with Crippen LogP contribution in [0.1, 0.15) is 12.1 Å². The first-order valence-corrected chi connectivity index (χ1v) is 10.8. The first kappa shape index (κ1) is 21.4. The summed E-state index contributed by atoms with van der Waals surface area (Å²) in [6, 6.07) is 4.92. The lowest BCUT2D eigenvalue weighted by Crippen LogP contribution is -2.63. The number of hydrogen-bond donors (Lipinski definition) is 2. The fraction of sp³-hybridized carbons (Fsp3) is 0.263. The molecule has 1 fully saturated rings. The number of fused-ring (bicyclic) bond motifs is 1. The molecule has 30 heavy (non-hydrogen) atoms. The summed E-state index contributed by atoms with van der Waals surface area (Å²) in [6.45, 7) is 0.702. The number of carbonyl (C=O) groups is 3. The molecule has 2 aliphatic rings. The van der Waals surface area contributed by atoms with E-state index >= 15 is 0 Å². The molecule has 1 aromatic rings. The second-order valence-electron chi connectivity index (χ2n) is 6.62. The number of β-lactam (4-membered cyclic amide) rings is 1. The lowest BCUT2D eigenvalue weighted by molar-refractivity contribution is -0.301. The third-order valence-electron chi connectivity index (χ3n) is 4.51. The quantitative estimate of drug-likeness (QED) is 0.287. The van der Waals surface area contributed by atoms with Crippen molar-refractivity contribution >= 4 is 33.7 Å². The molecule has 3 heterocycles. The standard InChI is InChI=1S/C19H20N4O6S/c20-7-3-9-22-15(24)6-5-12-11-30(28,29)18-14(10-13-4-1-2-8-21-13)17(25)23(18)16(12)19(26)27/h1-2,4-6,8,10,18H,3,7,9,11,20H2,(H,22,24)(H,26,27)/p-1/b6-5+,14-10-/t18-/m1/s1. The number of aromatic nitrogens is 1. The highest BCUT2D eigenvalue weighted by molar-refractivity contribution is 7.92. The van der Waals surface area contributed by atoms with E-state index in [1.165, 1.54) is 12.3 Å². The van der Waals surface area contributed by atoms with E-state index < -0.39 is 44.4 Å². The fourth-order valence-corrected chi connectivity index (χ4v) is 5.08. The summed E-state index contributed by atoms with van der Waals surface area (Å²) in [5.74, 6) is -3.68. The van der Waals surface area contributed by atoms with Crippen LogP contribution in [0.3, 0.4) is 0 Å². The number of carboxylic acids is 1. The molecule has 1 saturated heterocycles. The molecule has 0 bridgehead atoms. The van der Waals surface area contributed by atoms with E-state index in [1.54, 1.807) is 18.2 Å². The zero-order chi connectivity index (χ0) is 21.9. The fourth-order valence-electron chi connectivity index (χ4n) is 3.17. The predicted molar refractivity (Wildman–Crippen MR) is 104 cm³/mol. The topological polar surface area (TPSA) is 163 Å². The molecule has 0 saturated carbocycles. The summed E-state index contributed by atoms with van der Waals surface area (Å²) < 4.78 is 25.5. The summed E-state index contributed by atoms with van der Waals surface area (Å²) in [4.78, 5) is 40.8. The Hall–Kier alpha value is -3.31. The van der Waals surface area contributed by atoms with Crippen LogP contribution in [0.2, 0.25) is 0 Å². The Kier molecular flexibility index (Phi) is 6.13. The molecule has 1 atom stereocenters. The highest BCUT2D eigenvalue weighted by Gasteiger charge is 2.55. The number of allylic oxidation sites excluding steroid dienone is 1. The van der Waals surface area contributed by atoms with E-state index in [0.29, 0.717) is 30.1 Å². The lowest BCUT2D eigenvalue weighted by Gasteiger charge is -2.46. The number of rotatable bonds is 7. The lowest BCUT2D eigenvalue weighted by atomic mass is 10.0. The van der Waals surface area contributed by atoms with Crippen molar-refractivity contribution in [3.05, 3.63) is 59.1 Å². The number of sulfone groups is 1. The van der Waals surface area contributed by atoms with Crippen LogP contribution in [-0.2, 0) is 24.2 Å². The first-order valence-electron chi connectivity index (χ1n) is 9.04. The number of carboxylic acid groups (broad SMARTS) is 1. The van der Waals surface area contributed by atoms with Gasteiger partial charge in [-0.05, 0) is 36.7 Å². The normalized spacial score (nSPS) is 21.5. The van der Waals surface area contributed by atoms with Crippen LogP contribution in [0, 0.1) is 0 Å². The third kappa shape index (κ3) is 4.16. The summed E-state index contributed by atoms with van der Waals surface area (Å²) in [6.07, 6.45) is 5.44. The Bertz CT molecular complexity index is 1080. The minimum atomic E-state index is -3.95. The van der Waals surface area contributed by atoms with Gasteiger partial charge in [-0.15, -0.1) is 0 Å². The average molecular weight is 431 g/mol. The average Bonchev–Trinajstić information content (AvgIpc) is 2.70. The number of aliphatic carboxylic acids is 1. The molecule has 0 spiro atoms. The van der Waals surface area contributed by atoms with Gasteiger partial charge in [0.2, 0.25) is 5.91 Å². The summed E-state index contributed by atoms with van der Waals surface area (Å²) in [7, 11) is -3.95. The third-order valence-corrected chi connectivity index (χ3v) is 6.37. The highest BCUT2D eigenvalue weighted by atomic mass is 32.2. The predicted octanol–water partition coefficient (Wildman–Crippen LogP) is -1.91. The smallest absolute Gasteiger partial charge is 0.258 e.